The molecule has 0 unspecified atom stereocenters. The number of aryl methyl sites for hydroxylation is 1. The first kappa shape index (κ1) is 14.0. The van der Waals surface area contributed by atoms with Crippen molar-refractivity contribution >= 4 is 33.9 Å². The minimum absolute atomic E-state index is 0.478. The molecule has 6 nitrogen and oxygen atoms in total. The minimum Gasteiger partial charge on any atom is -0.352 e. The van der Waals surface area contributed by atoms with E-state index < -0.39 is 0 Å². The Morgan fingerprint density at radius 2 is 1.95 bits per heavy atom. The highest BCUT2D eigenvalue weighted by Gasteiger charge is 2.22. The second kappa shape index (κ2) is 5.84. The Balaban J connectivity index is 1.70. The number of aromatic nitrogens is 3. The molecule has 0 atom stereocenters. The number of hydrogen-bond donors (Lipinski definition) is 0. The van der Waals surface area contributed by atoms with Crippen molar-refractivity contribution in [2.45, 2.75) is 6.92 Å². The second-order valence-corrected chi connectivity index (χ2v) is 6.29. The van der Waals surface area contributed by atoms with Crippen molar-refractivity contribution in [2.75, 3.05) is 36.0 Å². The minimum atomic E-state index is 0.478. The Morgan fingerprint density at radius 1 is 1.24 bits per heavy atom. The van der Waals surface area contributed by atoms with Gasteiger partial charge in [-0.25, -0.2) is 4.98 Å². The predicted molar refractivity (Wildman–Crippen MR) is 83.0 cm³/mol. The van der Waals surface area contributed by atoms with E-state index in [2.05, 4.69) is 25.0 Å². The second-order valence-electron chi connectivity index (χ2n) is 4.72. The van der Waals surface area contributed by atoms with Crippen LogP contribution in [-0.2, 0) is 0 Å². The van der Waals surface area contributed by atoms with Crippen molar-refractivity contribution < 1.29 is 0 Å². The molecule has 0 aliphatic carbocycles. The van der Waals surface area contributed by atoms with Crippen molar-refractivity contribution in [2.24, 2.45) is 0 Å². The summed E-state index contributed by atoms with van der Waals surface area (Å²) in [7, 11) is 0. The molecule has 0 amide bonds. The van der Waals surface area contributed by atoms with Crippen LogP contribution in [0.1, 0.15) is 10.6 Å². The first-order valence-electron chi connectivity index (χ1n) is 6.53. The van der Waals surface area contributed by atoms with Gasteiger partial charge in [0.1, 0.15) is 16.9 Å². The largest absolute Gasteiger partial charge is 0.352 e. The summed E-state index contributed by atoms with van der Waals surface area (Å²) in [5.74, 6) is 0.740. The van der Waals surface area contributed by atoms with Crippen molar-refractivity contribution in [3.05, 3.63) is 27.9 Å². The monoisotopic (exact) mass is 320 g/mol. The van der Waals surface area contributed by atoms with Crippen LogP contribution in [0.15, 0.2) is 12.3 Å². The topological polar surface area (TPSA) is 68.9 Å². The van der Waals surface area contributed by atoms with Crippen LogP contribution in [0.4, 0.5) is 10.9 Å². The summed E-state index contributed by atoms with van der Waals surface area (Å²) in [6.07, 6.45) is 1.56. The zero-order valence-electron chi connectivity index (χ0n) is 11.5. The number of nitrogens with zero attached hydrogens (tertiary/aromatic N) is 6. The van der Waals surface area contributed by atoms with Crippen LogP contribution in [0.2, 0.25) is 5.02 Å². The third-order valence-corrected chi connectivity index (χ3v) is 4.49. The van der Waals surface area contributed by atoms with E-state index in [4.69, 9.17) is 16.9 Å². The summed E-state index contributed by atoms with van der Waals surface area (Å²) in [6, 6.07) is 3.70. The van der Waals surface area contributed by atoms with Crippen molar-refractivity contribution in [3.63, 3.8) is 0 Å². The molecule has 21 heavy (non-hydrogen) atoms. The number of anilines is 2. The molecule has 1 saturated heterocycles. The van der Waals surface area contributed by atoms with Gasteiger partial charge in [-0.15, -0.1) is 10.2 Å². The fourth-order valence-corrected chi connectivity index (χ4v) is 3.27. The molecule has 108 valence electrons. The third kappa shape index (κ3) is 2.91. The SMILES string of the molecule is Cc1nnc(N2CCN(c3ncc(C#N)cc3Cl)CC2)s1. The molecule has 1 aliphatic heterocycles. The third-order valence-electron chi connectivity index (χ3n) is 3.32. The van der Waals surface area contributed by atoms with Gasteiger partial charge in [-0.2, -0.15) is 5.26 Å². The van der Waals surface area contributed by atoms with E-state index in [1.807, 2.05) is 13.0 Å². The molecule has 2 aromatic rings. The average Bonchev–Trinajstić information content (AvgIpc) is 2.94. The molecule has 3 rings (SSSR count). The van der Waals surface area contributed by atoms with E-state index in [0.717, 1.165) is 42.1 Å². The van der Waals surface area contributed by atoms with Gasteiger partial charge in [0, 0.05) is 32.4 Å². The molecular formula is C13H13ClN6S. The summed E-state index contributed by atoms with van der Waals surface area (Å²) < 4.78 is 0. The van der Waals surface area contributed by atoms with Crippen LogP contribution in [0.25, 0.3) is 0 Å². The van der Waals surface area contributed by atoms with Gasteiger partial charge in [0.15, 0.2) is 0 Å². The van der Waals surface area contributed by atoms with Gasteiger partial charge >= 0.3 is 0 Å². The number of pyridine rings is 1. The lowest BCUT2D eigenvalue weighted by atomic mass is 10.2. The molecule has 3 heterocycles. The maximum atomic E-state index is 8.85. The number of piperazine rings is 1. The summed E-state index contributed by atoms with van der Waals surface area (Å²) >= 11 is 7.82. The normalized spacial score (nSPS) is 15.1. The summed E-state index contributed by atoms with van der Waals surface area (Å²) in [5.41, 5.74) is 0.478. The predicted octanol–water partition coefficient (Wildman–Crippen LogP) is 2.09. The number of halogens is 1. The van der Waals surface area contributed by atoms with Gasteiger partial charge in [0.05, 0.1) is 10.6 Å². The van der Waals surface area contributed by atoms with Gasteiger partial charge in [0.2, 0.25) is 5.13 Å². The molecular weight excluding hydrogens is 308 g/mol. The molecule has 0 aromatic carbocycles. The van der Waals surface area contributed by atoms with Crippen LogP contribution < -0.4 is 9.80 Å². The highest BCUT2D eigenvalue weighted by Crippen LogP contribution is 2.27. The van der Waals surface area contributed by atoms with Gasteiger partial charge in [-0.1, -0.05) is 22.9 Å². The molecule has 2 aromatic heterocycles. The van der Waals surface area contributed by atoms with Crippen molar-refractivity contribution in [1.82, 2.24) is 15.2 Å². The first-order chi connectivity index (χ1) is 10.2. The van der Waals surface area contributed by atoms with Crippen LogP contribution in [0, 0.1) is 18.3 Å². The lowest BCUT2D eigenvalue weighted by Crippen LogP contribution is -2.47. The quantitative estimate of drug-likeness (QED) is 0.844. The Morgan fingerprint density at radius 3 is 2.52 bits per heavy atom. The maximum Gasteiger partial charge on any atom is 0.208 e. The van der Waals surface area contributed by atoms with Crippen LogP contribution in [0.5, 0.6) is 0 Å². The fourth-order valence-electron chi connectivity index (χ4n) is 2.25. The molecule has 0 radical (unpaired) electrons. The van der Waals surface area contributed by atoms with E-state index in [-0.39, 0.29) is 0 Å². The van der Waals surface area contributed by atoms with Crippen molar-refractivity contribution in [1.29, 1.82) is 5.26 Å². The highest BCUT2D eigenvalue weighted by molar-refractivity contribution is 7.15. The molecule has 0 spiro atoms. The van der Waals surface area contributed by atoms with Gasteiger partial charge < -0.3 is 9.80 Å². The summed E-state index contributed by atoms with van der Waals surface area (Å²) in [4.78, 5) is 8.66. The molecule has 8 heteroatoms. The first-order valence-corrected chi connectivity index (χ1v) is 7.72. The van der Waals surface area contributed by atoms with Crippen LogP contribution in [0.3, 0.4) is 0 Å². The van der Waals surface area contributed by atoms with Crippen molar-refractivity contribution in [3.8, 4) is 6.07 Å². The Bertz CT molecular complexity index is 686. The van der Waals surface area contributed by atoms with E-state index >= 15 is 0 Å². The smallest absolute Gasteiger partial charge is 0.208 e. The molecule has 1 aliphatic rings. The fraction of sp³-hybridized carbons (Fsp3) is 0.385. The van der Waals surface area contributed by atoms with Gasteiger partial charge in [-0.05, 0) is 13.0 Å². The van der Waals surface area contributed by atoms with Gasteiger partial charge in [-0.3, -0.25) is 0 Å². The van der Waals surface area contributed by atoms with E-state index in [1.165, 1.54) is 0 Å². The van der Waals surface area contributed by atoms with E-state index in [9.17, 15) is 0 Å². The number of hydrogen-bond acceptors (Lipinski definition) is 7. The zero-order valence-corrected chi connectivity index (χ0v) is 13.0. The summed E-state index contributed by atoms with van der Waals surface area (Å²) in [5, 5.41) is 19.5. The zero-order chi connectivity index (χ0) is 14.8. The van der Waals surface area contributed by atoms with Crippen LogP contribution >= 0.6 is 22.9 Å². The molecule has 0 saturated carbocycles. The number of nitriles is 1. The molecule has 0 bridgehead atoms. The van der Waals surface area contributed by atoms with E-state index in [1.54, 1.807) is 23.6 Å². The summed E-state index contributed by atoms with van der Waals surface area (Å²) in [6.45, 7) is 5.30. The Kier molecular flexibility index (Phi) is 3.90. The van der Waals surface area contributed by atoms with Crippen LogP contribution in [-0.4, -0.2) is 41.4 Å². The van der Waals surface area contributed by atoms with Gasteiger partial charge in [0.25, 0.3) is 0 Å². The average molecular weight is 321 g/mol. The Hall–Kier alpha value is -1.91. The van der Waals surface area contributed by atoms with E-state index in [0.29, 0.717) is 10.6 Å². The highest BCUT2D eigenvalue weighted by atomic mass is 35.5. The number of rotatable bonds is 2. The standard InChI is InChI=1S/C13H13ClN6S/c1-9-17-18-13(21-9)20-4-2-19(3-5-20)12-11(14)6-10(7-15)8-16-12/h6,8H,2-5H2,1H3. The lowest BCUT2D eigenvalue weighted by Gasteiger charge is -2.35. The Labute approximate surface area is 131 Å². The maximum absolute atomic E-state index is 8.85. The molecule has 0 N–H and O–H groups in total. The lowest BCUT2D eigenvalue weighted by molar-refractivity contribution is 0.644. The molecule has 1 fully saturated rings.